The molecule has 0 bridgehead atoms. The number of halogens is 2. The Labute approximate surface area is 123 Å². The molecule has 0 saturated carbocycles. The Morgan fingerprint density at radius 3 is 2.45 bits per heavy atom. The first-order valence-corrected chi connectivity index (χ1v) is 7.02. The molecule has 0 N–H and O–H groups in total. The van der Waals surface area contributed by atoms with Crippen LogP contribution in [-0.2, 0) is 0 Å². The molecule has 1 aromatic carbocycles. The van der Waals surface area contributed by atoms with E-state index >= 15 is 0 Å². The molecular weight excluding hydrogens is 277 g/mol. The number of alkyl halides is 1. The summed E-state index contributed by atoms with van der Waals surface area (Å²) in [5.41, 5.74) is 3.54. The summed E-state index contributed by atoms with van der Waals surface area (Å²) in [4.78, 5) is 11.8. The number of carbonyl (C=O) groups excluding carboxylic acids is 1. The van der Waals surface area contributed by atoms with Gasteiger partial charge in [-0.05, 0) is 44.5 Å². The zero-order valence-electron chi connectivity index (χ0n) is 11.8. The van der Waals surface area contributed by atoms with Gasteiger partial charge in [-0.2, -0.15) is 0 Å². The summed E-state index contributed by atoms with van der Waals surface area (Å²) >= 11 is 5.63. The van der Waals surface area contributed by atoms with E-state index in [1.165, 1.54) is 12.1 Å². The lowest BCUT2D eigenvalue weighted by atomic mass is 10.1. The Bertz CT molecular complexity index is 631. The standard InChI is InChI=1S/C16H17ClFNO/c1-10-8-15(16(20)9-17)12(3)19(10)11(2)13-4-6-14(18)7-5-13/h4-8,11H,9H2,1-3H3. The molecule has 0 aliphatic carbocycles. The van der Waals surface area contributed by atoms with Crippen LogP contribution < -0.4 is 0 Å². The number of carbonyl (C=O) groups is 1. The highest BCUT2D eigenvalue weighted by molar-refractivity contribution is 6.30. The summed E-state index contributed by atoms with van der Waals surface area (Å²) in [5.74, 6) is -0.341. The largest absolute Gasteiger partial charge is 0.341 e. The molecule has 2 aromatic rings. The van der Waals surface area contributed by atoms with Crippen molar-refractivity contribution in [2.24, 2.45) is 0 Å². The van der Waals surface area contributed by atoms with Gasteiger partial charge in [0.05, 0.1) is 11.9 Å². The maximum Gasteiger partial charge on any atom is 0.179 e. The van der Waals surface area contributed by atoms with Gasteiger partial charge >= 0.3 is 0 Å². The lowest BCUT2D eigenvalue weighted by Crippen LogP contribution is -2.11. The number of Topliss-reactive ketones (excluding diaryl/α,β-unsaturated/α-hetero) is 1. The van der Waals surface area contributed by atoms with E-state index in [4.69, 9.17) is 11.6 Å². The zero-order chi connectivity index (χ0) is 14.9. The van der Waals surface area contributed by atoms with Gasteiger partial charge in [0, 0.05) is 17.0 Å². The number of nitrogens with zero attached hydrogens (tertiary/aromatic N) is 1. The Morgan fingerprint density at radius 2 is 1.90 bits per heavy atom. The third kappa shape index (κ3) is 2.63. The second kappa shape index (κ2) is 5.80. The predicted molar refractivity (Wildman–Crippen MR) is 79.2 cm³/mol. The summed E-state index contributed by atoms with van der Waals surface area (Å²) in [6, 6.07) is 8.33. The van der Waals surface area contributed by atoms with Crippen LogP contribution in [0.25, 0.3) is 0 Å². The van der Waals surface area contributed by atoms with Crippen molar-refractivity contribution in [3.8, 4) is 0 Å². The van der Waals surface area contributed by atoms with Crippen LogP contribution in [0.2, 0.25) is 0 Å². The van der Waals surface area contributed by atoms with E-state index in [0.29, 0.717) is 5.56 Å². The minimum absolute atomic E-state index is 0.0186. The maximum absolute atomic E-state index is 13.0. The average molecular weight is 294 g/mol. The normalized spacial score (nSPS) is 12.4. The molecular formula is C16H17ClFNO. The Hall–Kier alpha value is -1.61. The summed E-state index contributed by atoms with van der Waals surface area (Å²) in [7, 11) is 0. The highest BCUT2D eigenvalue weighted by Gasteiger charge is 2.19. The first kappa shape index (κ1) is 14.8. The second-order valence-corrected chi connectivity index (χ2v) is 5.21. The average Bonchev–Trinajstić information content (AvgIpc) is 2.73. The van der Waals surface area contributed by atoms with Crippen LogP contribution in [0.1, 0.15) is 40.3 Å². The van der Waals surface area contributed by atoms with E-state index in [0.717, 1.165) is 17.0 Å². The molecule has 106 valence electrons. The van der Waals surface area contributed by atoms with Crippen LogP contribution in [0.5, 0.6) is 0 Å². The van der Waals surface area contributed by atoms with Gasteiger partial charge in [-0.15, -0.1) is 11.6 Å². The van der Waals surface area contributed by atoms with Crippen molar-refractivity contribution in [2.45, 2.75) is 26.8 Å². The SMILES string of the molecule is Cc1cc(C(=O)CCl)c(C)n1C(C)c1ccc(F)cc1. The smallest absolute Gasteiger partial charge is 0.179 e. The van der Waals surface area contributed by atoms with Crippen LogP contribution >= 0.6 is 11.6 Å². The number of aryl methyl sites for hydroxylation is 1. The Kier molecular flexibility index (Phi) is 4.29. The van der Waals surface area contributed by atoms with Gasteiger partial charge in [0.1, 0.15) is 5.82 Å². The molecule has 2 nitrogen and oxygen atoms in total. The number of benzene rings is 1. The number of ketones is 1. The molecule has 20 heavy (non-hydrogen) atoms. The lowest BCUT2D eigenvalue weighted by Gasteiger charge is -2.19. The fourth-order valence-electron chi connectivity index (χ4n) is 2.62. The van der Waals surface area contributed by atoms with E-state index in [9.17, 15) is 9.18 Å². The topological polar surface area (TPSA) is 22.0 Å². The van der Waals surface area contributed by atoms with Crippen molar-refractivity contribution >= 4 is 17.4 Å². The van der Waals surface area contributed by atoms with Crippen molar-refractivity contribution < 1.29 is 9.18 Å². The van der Waals surface area contributed by atoms with E-state index < -0.39 is 0 Å². The second-order valence-electron chi connectivity index (χ2n) is 4.94. The van der Waals surface area contributed by atoms with Gasteiger partial charge in [-0.25, -0.2) is 4.39 Å². The highest BCUT2D eigenvalue weighted by atomic mass is 35.5. The van der Waals surface area contributed by atoms with Crippen LogP contribution in [0.4, 0.5) is 4.39 Å². The van der Waals surface area contributed by atoms with Gasteiger partial charge < -0.3 is 4.57 Å². The van der Waals surface area contributed by atoms with Gasteiger partial charge in [0.25, 0.3) is 0 Å². The zero-order valence-corrected chi connectivity index (χ0v) is 12.5. The molecule has 0 saturated heterocycles. The maximum atomic E-state index is 13.0. The molecule has 4 heteroatoms. The minimum atomic E-state index is -0.250. The van der Waals surface area contributed by atoms with Crippen molar-refractivity contribution in [3.05, 3.63) is 58.7 Å². The molecule has 2 rings (SSSR count). The van der Waals surface area contributed by atoms with Gasteiger partial charge in [-0.1, -0.05) is 12.1 Å². The number of aromatic nitrogens is 1. The molecule has 1 atom stereocenters. The fraction of sp³-hybridized carbons (Fsp3) is 0.312. The highest BCUT2D eigenvalue weighted by Crippen LogP contribution is 2.26. The van der Waals surface area contributed by atoms with Crippen LogP contribution in [0.3, 0.4) is 0 Å². The number of hydrogen-bond donors (Lipinski definition) is 0. The number of rotatable bonds is 4. The summed E-state index contributed by atoms with van der Waals surface area (Å²) in [6.07, 6.45) is 0. The molecule has 0 radical (unpaired) electrons. The molecule has 0 aliphatic heterocycles. The third-order valence-corrected chi connectivity index (χ3v) is 3.89. The van der Waals surface area contributed by atoms with Crippen LogP contribution in [0.15, 0.2) is 30.3 Å². The van der Waals surface area contributed by atoms with Crippen molar-refractivity contribution in [3.63, 3.8) is 0 Å². The Morgan fingerprint density at radius 1 is 1.30 bits per heavy atom. The van der Waals surface area contributed by atoms with Crippen molar-refractivity contribution in [1.29, 1.82) is 0 Å². The van der Waals surface area contributed by atoms with E-state index in [-0.39, 0.29) is 23.5 Å². The summed E-state index contributed by atoms with van der Waals surface area (Å²) in [5, 5.41) is 0. The van der Waals surface area contributed by atoms with E-state index in [1.807, 2.05) is 26.8 Å². The van der Waals surface area contributed by atoms with E-state index in [1.54, 1.807) is 12.1 Å². The van der Waals surface area contributed by atoms with Crippen LogP contribution in [0, 0.1) is 19.7 Å². The first-order chi connectivity index (χ1) is 9.45. The van der Waals surface area contributed by atoms with Crippen molar-refractivity contribution in [2.75, 3.05) is 5.88 Å². The molecule has 1 heterocycles. The molecule has 0 fully saturated rings. The van der Waals surface area contributed by atoms with E-state index in [2.05, 4.69) is 4.57 Å². The molecule has 1 unspecified atom stereocenters. The summed E-state index contributed by atoms with van der Waals surface area (Å²) < 4.78 is 15.1. The van der Waals surface area contributed by atoms with Crippen LogP contribution in [-0.4, -0.2) is 16.2 Å². The third-order valence-electron chi connectivity index (χ3n) is 3.65. The molecule has 1 aromatic heterocycles. The van der Waals surface area contributed by atoms with Gasteiger partial charge in [0.15, 0.2) is 5.78 Å². The minimum Gasteiger partial charge on any atom is -0.341 e. The first-order valence-electron chi connectivity index (χ1n) is 6.48. The van der Waals surface area contributed by atoms with Gasteiger partial charge in [-0.3, -0.25) is 4.79 Å². The predicted octanol–water partition coefficient (Wildman–Crippen LogP) is 4.27. The fourth-order valence-corrected chi connectivity index (χ4v) is 2.76. The van der Waals surface area contributed by atoms with Crippen molar-refractivity contribution in [1.82, 2.24) is 4.57 Å². The molecule has 0 spiro atoms. The monoisotopic (exact) mass is 293 g/mol. The quantitative estimate of drug-likeness (QED) is 0.609. The lowest BCUT2D eigenvalue weighted by molar-refractivity contribution is 0.102. The number of hydrogen-bond acceptors (Lipinski definition) is 1. The molecule has 0 amide bonds. The molecule has 0 aliphatic rings. The Balaban J connectivity index is 2.44. The van der Waals surface area contributed by atoms with Gasteiger partial charge in [0.2, 0.25) is 0 Å². The summed E-state index contributed by atoms with van der Waals surface area (Å²) in [6.45, 7) is 5.90.